The van der Waals surface area contributed by atoms with E-state index in [1.54, 1.807) is 7.11 Å². The van der Waals surface area contributed by atoms with Crippen LogP contribution in [0.3, 0.4) is 0 Å². The summed E-state index contributed by atoms with van der Waals surface area (Å²) in [5.74, 6) is 1.36. The maximum atomic E-state index is 5.05. The number of unbranched alkanes of at least 4 members (excludes halogenated alkanes) is 26. The van der Waals surface area contributed by atoms with Crippen molar-refractivity contribution in [2.24, 2.45) is 0 Å². The molecule has 0 aliphatic heterocycles. The Hall–Kier alpha value is 0.310. The minimum Gasteiger partial charge on any atom is -0.385 e. The minimum atomic E-state index is 0.942. The first-order valence-corrected chi connectivity index (χ1v) is 18.2. The Kier molecular flexibility index (Phi) is 42.5. The van der Waals surface area contributed by atoms with Gasteiger partial charge in [0.25, 0.3) is 0 Å². The molecule has 0 bridgehead atoms. The lowest BCUT2D eigenvalue weighted by molar-refractivity contribution is 0.192. The van der Waals surface area contributed by atoms with Crippen LogP contribution in [-0.4, -0.2) is 25.7 Å². The summed E-state index contributed by atoms with van der Waals surface area (Å²) in [7, 11) is 1.79. The smallest absolute Gasteiger partial charge is 0.0462 e. The standard InChI is InChI=1S/C17H36O.C17H36S/c2*1-3-4-5-6-7-8-9-10-11-12-13-14-15-16-17-18-2/h2*3-17H2,1-2H3. The fourth-order valence-electron chi connectivity index (χ4n) is 4.88. The molecule has 0 amide bonds. The van der Waals surface area contributed by atoms with Crippen molar-refractivity contribution in [3.8, 4) is 0 Å². The van der Waals surface area contributed by atoms with Crippen LogP contribution in [0.5, 0.6) is 0 Å². The van der Waals surface area contributed by atoms with Gasteiger partial charge in [0.05, 0.1) is 0 Å². The van der Waals surface area contributed by atoms with Crippen molar-refractivity contribution in [3.63, 3.8) is 0 Å². The molecule has 0 aromatic heterocycles. The second-order valence-corrected chi connectivity index (χ2v) is 12.2. The number of hydrogen-bond donors (Lipinski definition) is 0. The number of hydrogen-bond acceptors (Lipinski definition) is 2. The van der Waals surface area contributed by atoms with E-state index in [0.717, 1.165) is 6.61 Å². The highest BCUT2D eigenvalue weighted by Gasteiger charge is 1.95. The second-order valence-electron chi connectivity index (χ2n) is 11.2. The Morgan fingerprint density at radius 3 is 0.861 bits per heavy atom. The van der Waals surface area contributed by atoms with Crippen molar-refractivity contribution in [3.05, 3.63) is 0 Å². The van der Waals surface area contributed by atoms with Gasteiger partial charge in [0.2, 0.25) is 0 Å². The number of ether oxygens (including phenoxy) is 1. The highest BCUT2D eigenvalue weighted by Crippen LogP contribution is 2.14. The van der Waals surface area contributed by atoms with Crippen molar-refractivity contribution in [2.75, 3.05) is 25.7 Å². The van der Waals surface area contributed by atoms with Gasteiger partial charge in [-0.3, -0.25) is 0 Å². The fourth-order valence-corrected chi connectivity index (χ4v) is 5.37. The summed E-state index contributed by atoms with van der Waals surface area (Å²) < 4.78 is 5.05. The lowest BCUT2D eigenvalue weighted by atomic mass is 10.0. The molecule has 0 fully saturated rings. The van der Waals surface area contributed by atoms with Gasteiger partial charge in [0, 0.05) is 13.7 Å². The van der Waals surface area contributed by atoms with Gasteiger partial charge in [-0.2, -0.15) is 11.8 Å². The van der Waals surface area contributed by atoms with Crippen molar-refractivity contribution in [2.45, 2.75) is 194 Å². The zero-order valence-corrected chi connectivity index (χ0v) is 26.8. The molecule has 0 rings (SSSR count). The van der Waals surface area contributed by atoms with Gasteiger partial charge in [-0.05, 0) is 24.9 Å². The van der Waals surface area contributed by atoms with Crippen LogP contribution in [-0.2, 0) is 4.74 Å². The van der Waals surface area contributed by atoms with Gasteiger partial charge in [-0.15, -0.1) is 0 Å². The maximum absolute atomic E-state index is 5.05. The summed E-state index contributed by atoms with van der Waals surface area (Å²) in [6.45, 7) is 5.52. The molecule has 0 unspecified atom stereocenters. The summed E-state index contributed by atoms with van der Waals surface area (Å²) in [4.78, 5) is 0. The van der Waals surface area contributed by atoms with Gasteiger partial charge < -0.3 is 4.74 Å². The van der Waals surface area contributed by atoms with Crippen LogP contribution in [0, 0.1) is 0 Å². The normalized spacial score (nSPS) is 11.0. The topological polar surface area (TPSA) is 9.23 Å². The highest BCUT2D eigenvalue weighted by molar-refractivity contribution is 7.98. The third-order valence-corrected chi connectivity index (χ3v) is 8.10. The largest absolute Gasteiger partial charge is 0.385 e. The van der Waals surface area contributed by atoms with Crippen LogP contribution in [0.1, 0.15) is 194 Å². The van der Waals surface area contributed by atoms with E-state index in [2.05, 4.69) is 20.1 Å². The zero-order valence-electron chi connectivity index (χ0n) is 26.0. The molecule has 0 aromatic carbocycles. The van der Waals surface area contributed by atoms with Crippen molar-refractivity contribution in [1.29, 1.82) is 0 Å². The van der Waals surface area contributed by atoms with Crippen molar-refractivity contribution in [1.82, 2.24) is 0 Å². The fraction of sp³-hybridized carbons (Fsp3) is 1.00. The van der Waals surface area contributed by atoms with E-state index >= 15 is 0 Å². The molecule has 1 nitrogen and oxygen atoms in total. The van der Waals surface area contributed by atoms with Gasteiger partial charge in [-0.1, -0.05) is 181 Å². The summed E-state index contributed by atoms with van der Waals surface area (Å²) in [6.07, 6.45) is 42.6. The first kappa shape index (κ1) is 38.5. The van der Waals surface area contributed by atoms with Crippen molar-refractivity contribution < 1.29 is 4.74 Å². The molecule has 0 heterocycles. The van der Waals surface area contributed by atoms with Crippen LogP contribution in [0.2, 0.25) is 0 Å². The molecule has 0 radical (unpaired) electrons. The van der Waals surface area contributed by atoms with E-state index in [4.69, 9.17) is 4.74 Å². The molecule has 0 aromatic rings. The molecule has 0 spiro atoms. The first-order valence-electron chi connectivity index (χ1n) is 16.8. The maximum Gasteiger partial charge on any atom is 0.0462 e. The Morgan fingerprint density at radius 2 is 0.611 bits per heavy atom. The van der Waals surface area contributed by atoms with Crippen LogP contribution in [0.25, 0.3) is 0 Å². The average Bonchev–Trinajstić information content (AvgIpc) is 2.89. The molecule has 0 saturated heterocycles. The molecule has 0 atom stereocenters. The van der Waals surface area contributed by atoms with E-state index in [0.29, 0.717) is 0 Å². The van der Waals surface area contributed by atoms with Gasteiger partial charge >= 0.3 is 0 Å². The predicted octanol–water partition coefficient (Wildman–Crippen LogP) is 12.9. The van der Waals surface area contributed by atoms with E-state index in [-0.39, 0.29) is 0 Å². The van der Waals surface area contributed by atoms with Crippen LogP contribution < -0.4 is 0 Å². The molecular formula is C34H72OS. The summed E-state index contributed by atoms with van der Waals surface area (Å²) in [5, 5.41) is 0. The van der Waals surface area contributed by atoms with Gasteiger partial charge in [-0.25, -0.2) is 0 Å². The summed E-state index contributed by atoms with van der Waals surface area (Å²) >= 11 is 1.99. The Morgan fingerprint density at radius 1 is 0.361 bits per heavy atom. The third-order valence-electron chi connectivity index (χ3n) is 7.40. The Labute approximate surface area is 235 Å². The van der Waals surface area contributed by atoms with E-state index in [1.165, 1.54) is 186 Å². The molecule has 2 heteroatoms. The van der Waals surface area contributed by atoms with Gasteiger partial charge in [0.1, 0.15) is 0 Å². The molecule has 0 N–H and O–H groups in total. The van der Waals surface area contributed by atoms with Crippen molar-refractivity contribution >= 4 is 11.8 Å². The molecule has 36 heavy (non-hydrogen) atoms. The van der Waals surface area contributed by atoms with Crippen LogP contribution >= 0.6 is 11.8 Å². The second kappa shape index (κ2) is 39.8. The Bertz CT molecular complexity index is 269. The molecular weight excluding hydrogens is 456 g/mol. The molecule has 0 saturated carbocycles. The lowest BCUT2D eigenvalue weighted by Gasteiger charge is -2.03. The predicted molar refractivity (Wildman–Crippen MR) is 171 cm³/mol. The minimum absolute atomic E-state index is 0.942. The number of thioether (sulfide) groups is 1. The van der Waals surface area contributed by atoms with E-state index in [9.17, 15) is 0 Å². The van der Waals surface area contributed by atoms with Gasteiger partial charge in [0.15, 0.2) is 0 Å². The third kappa shape index (κ3) is 41.4. The van der Waals surface area contributed by atoms with Crippen LogP contribution in [0.4, 0.5) is 0 Å². The average molecular weight is 529 g/mol. The highest BCUT2D eigenvalue weighted by atomic mass is 32.2. The summed E-state index contributed by atoms with van der Waals surface area (Å²) in [6, 6.07) is 0. The van der Waals surface area contributed by atoms with Crippen LogP contribution in [0.15, 0.2) is 0 Å². The quantitative estimate of drug-likeness (QED) is 0.0857. The zero-order chi connectivity index (χ0) is 26.6. The molecule has 220 valence electrons. The molecule has 0 aliphatic rings. The lowest BCUT2D eigenvalue weighted by Crippen LogP contribution is -1.88. The monoisotopic (exact) mass is 529 g/mol. The van der Waals surface area contributed by atoms with E-state index < -0.39 is 0 Å². The summed E-state index contributed by atoms with van der Waals surface area (Å²) in [5.41, 5.74) is 0. The molecule has 0 aliphatic carbocycles. The first-order chi connectivity index (χ1) is 17.8. The number of methoxy groups -OCH3 is 1. The SMILES string of the molecule is CCCCCCCCCCCCCCCCOC.CCCCCCCCCCCCCCCCSC. The van der Waals surface area contributed by atoms with E-state index in [1.807, 2.05) is 11.8 Å². The Balaban J connectivity index is 0. The number of rotatable bonds is 30.